The molecule has 0 aliphatic carbocycles. The minimum Gasteiger partial charge on any atom is -0.368 e. The summed E-state index contributed by atoms with van der Waals surface area (Å²) in [5.74, 6) is -1.36. The van der Waals surface area contributed by atoms with E-state index in [0.29, 0.717) is 13.0 Å². The molecule has 1 atom stereocenters. The maximum Gasteiger partial charge on any atom is 0.418 e. The highest BCUT2D eigenvalue weighted by molar-refractivity contribution is 5.96. The predicted molar refractivity (Wildman–Crippen MR) is 127 cm³/mol. The van der Waals surface area contributed by atoms with E-state index in [1.165, 1.54) is 6.07 Å². The number of halogens is 3. The zero-order valence-corrected chi connectivity index (χ0v) is 18.8. The first-order valence-corrected chi connectivity index (χ1v) is 11.3. The lowest BCUT2D eigenvalue weighted by molar-refractivity contribution is -0.137. The molecule has 0 bridgehead atoms. The Kier molecular flexibility index (Phi) is 7.51. The Balaban J connectivity index is 1.53. The highest BCUT2D eigenvalue weighted by Gasteiger charge is 2.35. The number of alkyl halides is 3. The third kappa shape index (κ3) is 6.27. The number of hydrogen-bond donors (Lipinski definition) is 2. The summed E-state index contributed by atoms with van der Waals surface area (Å²) < 4.78 is 46.7. The van der Waals surface area contributed by atoms with Crippen LogP contribution in [0.4, 0.5) is 24.5 Å². The molecule has 4 rings (SSSR count). The first kappa shape index (κ1) is 24.5. The van der Waals surface area contributed by atoms with Crippen molar-refractivity contribution in [2.45, 2.75) is 37.5 Å². The standard InChI is InChI=1S/C27H25F3N2O3/c28-27(29,30)22-16-20(31-26(34)24-12-7-15-35-24)13-14-23(22)32-25(33)17-21(18-8-3-1-4-9-18)19-10-5-2-6-11-19/h1-6,8-11,13-14,16,21,24H,7,12,15,17H2,(H,31,34)(H,32,33). The molecule has 1 saturated heterocycles. The molecule has 182 valence electrons. The van der Waals surface area contributed by atoms with E-state index in [2.05, 4.69) is 10.6 Å². The van der Waals surface area contributed by atoms with Crippen molar-refractivity contribution in [1.29, 1.82) is 0 Å². The summed E-state index contributed by atoms with van der Waals surface area (Å²) in [4.78, 5) is 25.2. The molecule has 5 nitrogen and oxygen atoms in total. The van der Waals surface area contributed by atoms with E-state index < -0.39 is 29.7 Å². The van der Waals surface area contributed by atoms with Gasteiger partial charge in [-0.25, -0.2) is 0 Å². The van der Waals surface area contributed by atoms with E-state index in [1.807, 2.05) is 60.7 Å². The van der Waals surface area contributed by atoms with Gasteiger partial charge in [0, 0.05) is 24.6 Å². The van der Waals surface area contributed by atoms with Crippen molar-refractivity contribution in [2.75, 3.05) is 17.2 Å². The van der Waals surface area contributed by atoms with Crippen LogP contribution in [0.1, 0.15) is 41.9 Å². The Morgan fingerprint density at radius 2 is 1.54 bits per heavy atom. The number of amides is 2. The van der Waals surface area contributed by atoms with E-state index in [9.17, 15) is 22.8 Å². The van der Waals surface area contributed by atoms with Crippen molar-refractivity contribution in [3.63, 3.8) is 0 Å². The van der Waals surface area contributed by atoms with Gasteiger partial charge in [0.05, 0.1) is 11.3 Å². The minimum atomic E-state index is -4.73. The molecule has 0 spiro atoms. The fourth-order valence-electron chi connectivity index (χ4n) is 4.16. The zero-order chi connectivity index (χ0) is 24.8. The average Bonchev–Trinajstić information content (AvgIpc) is 3.39. The molecule has 3 aromatic carbocycles. The smallest absolute Gasteiger partial charge is 0.368 e. The molecule has 2 amide bonds. The zero-order valence-electron chi connectivity index (χ0n) is 18.8. The summed E-state index contributed by atoms with van der Waals surface area (Å²) in [5.41, 5.74) is 0.362. The number of ether oxygens (including phenoxy) is 1. The van der Waals surface area contributed by atoms with E-state index in [4.69, 9.17) is 4.74 Å². The number of rotatable bonds is 7. The van der Waals surface area contributed by atoms with Gasteiger partial charge in [-0.1, -0.05) is 60.7 Å². The topological polar surface area (TPSA) is 67.4 Å². The summed E-state index contributed by atoms with van der Waals surface area (Å²) in [6.45, 7) is 0.448. The van der Waals surface area contributed by atoms with Gasteiger partial charge in [0.25, 0.3) is 5.91 Å². The second-order valence-electron chi connectivity index (χ2n) is 8.38. The predicted octanol–water partition coefficient (Wildman–Crippen LogP) is 5.98. The van der Waals surface area contributed by atoms with Crippen LogP contribution in [-0.2, 0) is 20.5 Å². The lowest BCUT2D eigenvalue weighted by Gasteiger charge is -2.20. The number of hydrogen-bond acceptors (Lipinski definition) is 3. The van der Waals surface area contributed by atoms with Crippen molar-refractivity contribution < 1.29 is 27.5 Å². The van der Waals surface area contributed by atoms with Crippen LogP contribution in [0.5, 0.6) is 0 Å². The number of nitrogens with one attached hydrogen (secondary N) is 2. The molecule has 1 fully saturated rings. The summed E-state index contributed by atoms with van der Waals surface area (Å²) >= 11 is 0. The summed E-state index contributed by atoms with van der Waals surface area (Å²) in [5, 5.41) is 4.90. The molecule has 1 aliphatic heterocycles. The lowest BCUT2D eigenvalue weighted by atomic mass is 9.88. The highest BCUT2D eigenvalue weighted by Crippen LogP contribution is 2.37. The number of anilines is 2. The first-order valence-electron chi connectivity index (χ1n) is 11.3. The minimum absolute atomic E-state index is 0.0118. The van der Waals surface area contributed by atoms with Gasteiger partial charge >= 0.3 is 6.18 Å². The van der Waals surface area contributed by atoms with Crippen LogP contribution < -0.4 is 10.6 Å². The van der Waals surface area contributed by atoms with Crippen molar-refractivity contribution >= 4 is 23.2 Å². The molecule has 0 aromatic heterocycles. The van der Waals surface area contributed by atoms with Crippen molar-refractivity contribution in [3.8, 4) is 0 Å². The number of carbonyl (C=O) groups is 2. The molecule has 1 unspecified atom stereocenters. The quantitative estimate of drug-likeness (QED) is 0.435. The van der Waals surface area contributed by atoms with Crippen LogP contribution in [0.15, 0.2) is 78.9 Å². The van der Waals surface area contributed by atoms with Gasteiger partial charge in [0.2, 0.25) is 5.91 Å². The third-order valence-electron chi connectivity index (χ3n) is 5.88. The number of benzene rings is 3. The maximum absolute atomic E-state index is 13.8. The van der Waals surface area contributed by atoms with Crippen LogP contribution in [-0.4, -0.2) is 24.5 Å². The van der Waals surface area contributed by atoms with Crippen LogP contribution >= 0.6 is 0 Å². The lowest BCUT2D eigenvalue weighted by Crippen LogP contribution is -2.27. The van der Waals surface area contributed by atoms with Crippen LogP contribution in [0, 0.1) is 0 Å². The van der Waals surface area contributed by atoms with E-state index in [1.54, 1.807) is 0 Å². The van der Waals surface area contributed by atoms with Crippen LogP contribution in [0.2, 0.25) is 0 Å². The highest BCUT2D eigenvalue weighted by atomic mass is 19.4. The molecule has 8 heteroatoms. The third-order valence-corrected chi connectivity index (χ3v) is 5.88. The maximum atomic E-state index is 13.8. The summed E-state index contributed by atoms with van der Waals surface area (Å²) in [7, 11) is 0. The molecule has 3 aromatic rings. The van der Waals surface area contributed by atoms with Gasteiger partial charge in [0.15, 0.2) is 0 Å². The van der Waals surface area contributed by atoms with Crippen molar-refractivity contribution in [2.24, 2.45) is 0 Å². The van der Waals surface area contributed by atoms with Crippen molar-refractivity contribution in [1.82, 2.24) is 0 Å². The van der Waals surface area contributed by atoms with Gasteiger partial charge in [0.1, 0.15) is 6.10 Å². The fraction of sp³-hybridized carbons (Fsp3) is 0.259. The largest absolute Gasteiger partial charge is 0.418 e. The first-order chi connectivity index (χ1) is 16.8. The number of carbonyl (C=O) groups excluding carboxylic acids is 2. The normalized spacial score (nSPS) is 15.7. The summed E-state index contributed by atoms with van der Waals surface area (Å²) in [6, 6.07) is 22.0. The molecule has 1 heterocycles. The second-order valence-corrected chi connectivity index (χ2v) is 8.38. The Hall–Kier alpha value is -3.65. The molecule has 0 saturated carbocycles. The van der Waals surface area contributed by atoms with Gasteiger partial charge in [-0.3, -0.25) is 9.59 Å². The van der Waals surface area contributed by atoms with Crippen molar-refractivity contribution in [3.05, 3.63) is 95.6 Å². The Morgan fingerprint density at radius 3 is 2.09 bits per heavy atom. The molecule has 2 N–H and O–H groups in total. The average molecular weight is 483 g/mol. The Bertz CT molecular complexity index is 1120. The van der Waals surface area contributed by atoms with Crippen LogP contribution in [0.25, 0.3) is 0 Å². The fourth-order valence-corrected chi connectivity index (χ4v) is 4.16. The van der Waals surface area contributed by atoms with E-state index in [-0.39, 0.29) is 23.7 Å². The Morgan fingerprint density at radius 1 is 0.914 bits per heavy atom. The molecule has 1 aliphatic rings. The molecule has 0 radical (unpaired) electrons. The van der Waals surface area contributed by atoms with Gasteiger partial charge < -0.3 is 15.4 Å². The molecular weight excluding hydrogens is 457 g/mol. The van der Waals surface area contributed by atoms with Gasteiger partial charge in [-0.05, 0) is 42.2 Å². The second kappa shape index (κ2) is 10.7. The molecule has 35 heavy (non-hydrogen) atoms. The molecular formula is C27H25F3N2O3. The monoisotopic (exact) mass is 482 g/mol. The van der Waals surface area contributed by atoms with Gasteiger partial charge in [-0.15, -0.1) is 0 Å². The van der Waals surface area contributed by atoms with E-state index >= 15 is 0 Å². The van der Waals surface area contributed by atoms with Crippen LogP contribution in [0.3, 0.4) is 0 Å². The summed E-state index contributed by atoms with van der Waals surface area (Å²) in [6.07, 6.45) is -4.19. The van der Waals surface area contributed by atoms with Gasteiger partial charge in [-0.2, -0.15) is 13.2 Å². The SMILES string of the molecule is O=C(CC(c1ccccc1)c1ccccc1)Nc1ccc(NC(=O)C2CCCO2)cc1C(F)(F)F. The van der Waals surface area contributed by atoms with E-state index in [0.717, 1.165) is 29.7 Å². The Labute approximate surface area is 201 Å².